The van der Waals surface area contributed by atoms with Crippen molar-refractivity contribution in [2.45, 2.75) is 65.0 Å². The first-order chi connectivity index (χ1) is 8.72. The highest BCUT2D eigenvalue weighted by atomic mass is 32.1. The van der Waals surface area contributed by atoms with Crippen molar-refractivity contribution in [2.75, 3.05) is 13.7 Å². The lowest BCUT2D eigenvalue weighted by molar-refractivity contribution is 0.0230. The Balaban J connectivity index is 2.35. The molecule has 1 aromatic heterocycles. The van der Waals surface area contributed by atoms with Gasteiger partial charge in [-0.2, -0.15) is 0 Å². The molecule has 5 heteroatoms. The van der Waals surface area contributed by atoms with Crippen LogP contribution < -0.4 is 5.32 Å². The fourth-order valence-electron chi connectivity index (χ4n) is 1.60. The summed E-state index contributed by atoms with van der Waals surface area (Å²) in [5, 5.41) is 14.2. The fourth-order valence-corrected chi connectivity index (χ4v) is 2.70. The van der Waals surface area contributed by atoms with E-state index in [-0.39, 0.29) is 11.1 Å². The Morgan fingerprint density at radius 1 is 1.11 bits per heavy atom. The van der Waals surface area contributed by atoms with Crippen LogP contribution in [0.3, 0.4) is 0 Å². The molecular weight excluding hydrogens is 258 g/mol. The smallest absolute Gasteiger partial charge is 0.120 e. The zero-order valence-electron chi connectivity index (χ0n) is 13.0. The first-order valence-electron chi connectivity index (χ1n) is 6.83. The highest BCUT2D eigenvalue weighted by Gasteiger charge is 2.19. The van der Waals surface area contributed by atoms with E-state index >= 15 is 0 Å². The summed E-state index contributed by atoms with van der Waals surface area (Å²) >= 11 is 1.70. The number of rotatable bonds is 7. The molecular formula is C14H27N3OS. The molecule has 110 valence electrons. The van der Waals surface area contributed by atoms with E-state index in [9.17, 15) is 0 Å². The molecule has 0 atom stereocenters. The summed E-state index contributed by atoms with van der Waals surface area (Å²) < 4.78 is 5.42. The predicted molar refractivity (Wildman–Crippen MR) is 80.8 cm³/mol. The normalized spacial score (nSPS) is 12.9. The second-order valence-corrected chi connectivity index (χ2v) is 7.66. The summed E-state index contributed by atoms with van der Waals surface area (Å²) in [5.41, 5.74) is 0.0272. The SMILES string of the molecule is COC(C)(C)Cc1nnc(CCCNC(C)(C)C)s1. The van der Waals surface area contributed by atoms with Gasteiger partial charge >= 0.3 is 0 Å². The number of aryl methyl sites for hydroxylation is 1. The van der Waals surface area contributed by atoms with Crippen LogP contribution in [0.4, 0.5) is 0 Å². The lowest BCUT2D eigenvalue weighted by Crippen LogP contribution is -2.36. The van der Waals surface area contributed by atoms with Gasteiger partial charge in [-0.3, -0.25) is 0 Å². The number of nitrogens with one attached hydrogen (secondary N) is 1. The second kappa shape index (κ2) is 6.77. The van der Waals surface area contributed by atoms with Crippen LogP contribution in [0.1, 0.15) is 51.1 Å². The monoisotopic (exact) mass is 285 g/mol. The van der Waals surface area contributed by atoms with Gasteiger partial charge < -0.3 is 10.1 Å². The van der Waals surface area contributed by atoms with Gasteiger partial charge in [-0.05, 0) is 47.6 Å². The molecule has 0 radical (unpaired) electrons. The highest BCUT2D eigenvalue weighted by molar-refractivity contribution is 7.11. The molecule has 0 saturated carbocycles. The Bertz CT molecular complexity index is 382. The molecule has 0 aliphatic carbocycles. The average molecular weight is 285 g/mol. The third-order valence-corrected chi connectivity index (χ3v) is 3.84. The lowest BCUT2D eigenvalue weighted by Gasteiger charge is -2.20. The van der Waals surface area contributed by atoms with Gasteiger partial charge in [0.15, 0.2) is 0 Å². The summed E-state index contributed by atoms with van der Waals surface area (Å²) in [6, 6.07) is 0. The predicted octanol–water partition coefficient (Wildman–Crippen LogP) is 2.83. The van der Waals surface area contributed by atoms with Gasteiger partial charge in [-0.25, -0.2) is 0 Å². The van der Waals surface area contributed by atoms with Crippen LogP contribution in [-0.2, 0) is 17.6 Å². The quantitative estimate of drug-likeness (QED) is 0.783. The number of aromatic nitrogens is 2. The zero-order valence-corrected chi connectivity index (χ0v) is 13.9. The third-order valence-electron chi connectivity index (χ3n) is 2.86. The minimum absolute atomic E-state index is 0.162. The minimum Gasteiger partial charge on any atom is -0.378 e. The van der Waals surface area contributed by atoms with Crippen LogP contribution in [-0.4, -0.2) is 35.0 Å². The molecule has 0 saturated heterocycles. The van der Waals surface area contributed by atoms with E-state index in [0.717, 1.165) is 35.8 Å². The molecule has 4 nitrogen and oxygen atoms in total. The summed E-state index contributed by atoms with van der Waals surface area (Å²) in [5.74, 6) is 0. The van der Waals surface area contributed by atoms with E-state index in [1.807, 2.05) is 0 Å². The Morgan fingerprint density at radius 2 is 1.74 bits per heavy atom. The van der Waals surface area contributed by atoms with E-state index in [1.165, 1.54) is 0 Å². The number of hydrogen-bond donors (Lipinski definition) is 1. The molecule has 1 heterocycles. The van der Waals surface area contributed by atoms with E-state index in [0.29, 0.717) is 0 Å². The summed E-state index contributed by atoms with van der Waals surface area (Å²) in [7, 11) is 1.74. The van der Waals surface area contributed by atoms with Gasteiger partial charge in [0.1, 0.15) is 10.0 Å². The fraction of sp³-hybridized carbons (Fsp3) is 0.857. The van der Waals surface area contributed by atoms with E-state index in [4.69, 9.17) is 4.74 Å². The van der Waals surface area contributed by atoms with E-state index in [1.54, 1.807) is 18.4 Å². The van der Waals surface area contributed by atoms with E-state index in [2.05, 4.69) is 50.1 Å². The highest BCUT2D eigenvalue weighted by Crippen LogP contribution is 2.19. The number of hydrogen-bond acceptors (Lipinski definition) is 5. The summed E-state index contributed by atoms with van der Waals surface area (Å²) in [4.78, 5) is 0. The number of methoxy groups -OCH3 is 1. The van der Waals surface area contributed by atoms with Crippen molar-refractivity contribution < 1.29 is 4.74 Å². The average Bonchev–Trinajstić information content (AvgIpc) is 2.70. The lowest BCUT2D eigenvalue weighted by atomic mass is 10.1. The van der Waals surface area contributed by atoms with Gasteiger partial charge in [0.2, 0.25) is 0 Å². The first-order valence-corrected chi connectivity index (χ1v) is 7.65. The first kappa shape index (κ1) is 16.5. The molecule has 1 N–H and O–H groups in total. The largest absolute Gasteiger partial charge is 0.378 e. The molecule has 1 aromatic rings. The maximum Gasteiger partial charge on any atom is 0.120 e. The van der Waals surface area contributed by atoms with Gasteiger partial charge in [0, 0.05) is 25.5 Å². The van der Waals surface area contributed by atoms with Crippen molar-refractivity contribution in [1.82, 2.24) is 15.5 Å². The molecule has 19 heavy (non-hydrogen) atoms. The number of nitrogens with zero attached hydrogens (tertiary/aromatic N) is 2. The van der Waals surface area contributed by atoms with Gasteiger partial charge in [-0.1, -0.05) is 0 Å². The number of ether oxygens (including phenoxy) is 1. The molecule has 1 rings (SSSR count). The molecule has 0 spiro atoms. The molecule has 0 fully saturated rings. The van der Waals surface area contributed by atoms with Crippen LogP contribution in [0.25, 0.3) is 0 Å². The van der Waals surface area contributed by atoms with Crippen LogP contribution >= 0.6 is 11.3 Å². The maximum atomic E-state index is 5.42. The van der Waals surface area contributed by atoms with Crippen molar-refractivity contribution in [1.29, 1.82) is 0 Å². The summed E-state index contributed by atoms with van der Waals surface area (Å²) in [6.07, 6.45) is 2.91. The minimum atomic E-state index is -0.162. The van der Waals surface area contributed by atoms with Gasteiger partial charge in [0.25, 0.3) is 0 Å². The Morgan fingerprint density at radius 3 is 2.32 bits per heavy atom. The molecule has 0 bridgehead atoms. The Labute approximate surface area is 121 Å². The second-order valence-electron chi connectivity index (χ2n) is 6.51. The van der Waals surface area contributed by atoms with Crippen LogP contribution in [0.2, 0.25) is 0 Å². The molecule has 0 aliphatic rings. The van der Waals surface area contributed by atoms with Crippen molar-refractivity contribution in [3.05, 3.63) is 10.0 Å². The van der Waals surface area contributed by atoms with Crippen molar-refractivity contribution in [3.8, 4) is 0 Å². The molecule has 0 aromatic carbocycles. The van der Waals surface area contributed by atoms with Crippen LogP contribution in [0.5, 0.6) is 0 Å². The molecule has 0 amide bonds. The van der Waals surface area contributed by atoms with Crippen molar-refractivity contribution in [3.63, 3.8) is 0 Å². The standard InChI is InChI=1S/C14H27N3OS/c1-13(2,3)15-9-7-8-11-16-17-12(19-11)10-14(4,5)18-6/h15H,7-10H2,1-6H3. The molecule has 0 unspecified atom stereocenters. The van der Waals surface area contributed by atoms with Crippen LogP contribution in [0, 0.1) is 0 Å². The van der Waals surface area contributed by atoms with Gasteiger partial charge in [-0.15, -0.1) is 21.5 Å². The maximum absolute atomic E-state index is 5.42. The van der Waals surface area contributed by atoms with Crippen LogP contribution in [0.15, 0.2) is 0 Å². The van der Waals surface area contributed by atoms with Crippen molar-refractivity contribution in [2.24, 2.45) is 0 Å². The Hall–Kier alpha value is -0.520. The van der Waals surface area contributed by atoms with Crippen molar-refractivity contribution >= 4 is 11.3 Å². The summed E-state index contributed by atoms with van der Waals surface area (Å²) in [6.45, 7) is 11.7. The molecule has 0 aliphatic heterocycles. The van der Waals surface area contributed by atoms with Gasteiger partial charge in [0.05, 0.1) is 5.60 Å². The van der Waals surface area contributed by atoms with E-state index < -0.39 is 0 Å². The Kier molecular flexibility index (Phi) is 5.89. The topological polar surface area (TPSA) is 47.0 Å². The zero-order chi connectivity index (χ0) is 14.5. The third kappa shape index (κ3) is 6.99.